The third-order valence-corrected chi connectivity index (χ3v) is 4.21. The van der Waals surface area contributed by atoms with Crippen molar-refractivity contribution in [2.45, 2.75) is 6.54 Å². The number of halogens is 2. The van der Waals surface area contributed by atoms with Crippen LogP contribution in [0.15, 0.2) is 65.4 Å². The summed E-state index contributed by atoms with van der Waals surface area (Å²) < 4.78 is 3.01. The van der Waals surface area contributed by atoms with Gasteiger partial charge in [0.2, 0.25) is 0 Å². The molecule has 0 fully saturated rings. The van der Waals surface area contributed by atoms with Crippen molar-refractivity contribution < 1.29 is 0 Å². The van der Waals surface area contributed by atoms with Gasteiger partial charge in [-0.15, -0.1) is 0 Å². The highest BCUT2D eigenvalue weighted by molar-refractivity contribution is 9.10. The average molecular weight is 348 g/mol. The van der Waals surface area contributed by atoms with Gasteiger partial charge in [-0.2, -0.15) is 5.10 Å². The topological polar surface area (TPSA) is 17.8 Å². The zero-order valence-electron chi connectivity index (χ0n) is 10.6. The fraction of sp³-hybridized carbons (Fsp3) is 0.0625. The number of hydrogen-bond donors (Lipinski definition) is 0. The molecule has 3 aromatic rings. The first-order valence-electron chi connectivity index (χ1n) is 6.25. The summed E-state index contributed by atoms with van der Waals surface area (Å²) in [7, 11) is 0. The van der Waals surface area contributed by atoms with Gasteiger partial charge >= 0.3 is 0 Å². The molecule has 2 nitrogen and oxygen atoms in total. The fourth-order valence-corrected chi connectivity index (χ4v) is 2.74. The van der Waals surface area contributed by atoms with Gasteiger partial charge in [-0.1, -0.05) is 63.9 Å². The lowest BCUT2D eigenvalue weighted by Gasteiger charge is -2.04. The Labute approximate surface area is 131 Å². The summed E-state index contributed by atoms with van der Waals surface area (Å²) in [6, 6.07) is 16.0. The Morgan fingerprint density at radius 1 is 1.05 bits per heavy atom. The molecule has 0 aliphatic rings. The Hall–Kier alpha value is -1.58. The van der Waals surface area contributed by atoms with E-state index < -0.39 is 0 Å². The molecule has 0 unspecified atom stereocenters. The van der Waals surface area contributed by atoms with Gasteiger partial charge in [0.1, 0.15) is 0 Å². The predicted molar refractivity (Wildman–Crippen MR) is 85.9 cm³/mol. The van der Waals surface area contributed by atoms with Crippen LogP contribution in [-0.2, 0) is 6.54 Å². The van der Waals surface area contributed by atoms with Crippen molar-refractivity contribution in [1.29, 1.82) is 0 Å². The largest absolute Gasteiger partial charge is 0.268 e. The molecular formula is C16H12BrClN2. The molecule has 0 saturated heterocycles. The van der Waals surface area contributed by atoms with Gasteiger partial charge in [0.15, 0.2) is 0 Å². The monoisotopic (exact) mass is 346 g/mol. The molecule has 0 aliphatic carbocycles. The van der Waals surface area contributed by atoms with Crippen LogP contribution in [0.1, 0.15) is 5.56 Å². The highest BCUT2D eigenvalue weighted by Gasteiger charge is 2.06. The Balaban J connectivity index is 1.88. The molecule has 4 heteroatoms. The molecule has 0 aliphatic heterocycles. The van der Waals surface area contributed by atoms with Crippen molar-refractivity contribution in [2.24, 2.45) is 0 Å². The van der Waals surface area contributed by atoms with E-state index in [1.165, 1.54) is 5.56 Å². The van der Waals surface area contributed by atoms with Crippen LogP contribution in [0.2, 0.25) is 5.02 Å². The van der Waals surface area contributed by atoms with Gasteiger partial charge in [-0.05, 0) is 17.7 Å². The lowest BCUT2D eigenvalue weighted by atomic mass is 10.1. The molecule has 0 bridgehead atoms. The molecule has 0 atom stereocenters. The molecular weight excluding hydrogens is 336 g/mol. The van der Waals surface area contributed by atoms with Crippen LogP contribution >= 0.6 is 27.5 Å². The van der Waals surface area contributed by atoms with Crippen LogP contribution in [-0.4, -0.2) is 9.78 Å². The summed E-state index contributed by atoms with van der Waals surface area (Å²) in [4.78, 5) is 0. The van der Waals surface area contributed by atoms with E-state index in [1.807, 2.05) is 59.5 Å². The highest BCUT2D eigenvalue weighted by atomic mass is 79.9. The predicted octanol–water partition coefficient (Wildman–Crippen LogP) is 5.01. The number of benzene rings is 2. The first-order valence-corrected chi connectivity index (χ1v) is 7.42. The van der Waals surface area contributed by atoms with Crippen molar-refractivity contribution in [3.63, 3.8) is 0 Å². The minimum Gasteiger partial charge on any atom is -0.268 e. The van der Waals surface area contributed by atoms with E-state index in [2.05, 4.69) is 27.1 Å². The molecule has 3 rings (SSSR count). The van der Waals surface area contributed by atoms with Gasteiger partial charge in [0, 0.05) is 26.8 Å². The quantitative estimate of drug-likeness (QED) is 0.651. The van der Waals surface area contributed by atoms with Crippen molar-refractivity contribution in [3.05, 3.63) is 76.0 Å². The average Bonchev–Trinajstić information content (AvgIpc) is 2.90. The van der Waals surface area contributed by atoms with Crippen LogP contribution in [0.25, 0.3) is 11.1 Å². The van der Waals surface area contributed by atoms with Crippen LogP contribution < -0.4 is 0 Å². The molecule has 0 spiro atoms. The molecule has 100 valence electrons. The molecule has 1 aromatic heterocycles. The Bertz CT molecular complexity index is 737. The van der Waals surface area contributed by atoms with E-state index in [-0.39, 0.29) is 0 Å². The number of aromatic nitrogens is 2. The summed E-state index contributed by atoms with van der Waals surface area (Å²) in [5.41, 5.74) is 3.23. The van der Waals surface area contributed by atoms with Crippen LogP contribution in [0.4, 0.5) is 0 Å². The minimum atomic E-state index is 0.728. The first kappa shape index (κ1) is 13.4. The zero-order chi connectivity index (χ0) is 13.9. The van der Waals surface area contributed by atoms with Crippen LogP contribution in [0.3, 0.4) is 0 Å². The Morgan fingerprint density at radius 3 is 2.60 bits per heavy atom. The van der Waals surface area contributed by atoms with Crippen LogP contribution in [0.5, 0.6) is 0 Å². The summed E-state index contributed by atoms with van der Waals surface area (Å²) >= 11 is 9.76. The van der Waals surface area contributed by atoms with E-state index >= 15 is 0 Å². The standard InChI is InChI=1S/C16H12BrClN2/c17-15-7-3-1-5-12(15)10-20-11-13(9-19-20)14-6-2-4-8-16(14)18/h1-9,11H,10H2. The summed E-state index contributed by atoms with van der Waals surface area (Å²) in [5, 5.41) is 5.15. The van der Waals surface area contributed by atoms with Gasteiger partial charge in [-0.3, -0.25) is 4.68 Å². The maximum absolute atomic E-state index is 6.21. The third kappa shape index (κ3) is 2.79. The van der Waals surface area contributed by atoms with E-state index in [0.29, 0.717) is 0 Å². The highest BCUT2D eigenvalue weighted by Crippen LogP contribution is 2.27. The smallest absolute Gasteiger partial charge is 0.0670 e. The van der Waals surface area contributed by atoms with Gasteiger partial charge in [0.25, 0.3) is 0 Å². The Kier molecular flexibility index (Phi) is 3.90. The van der Waals surface area contributed by atoms with Crippen molar-refractivity contribution in [1.82, 2.24) is 9.78 Å². The summed E-state index contributed by atoms with van der Waals surface area (Å²) in [6.07, 6.45) is 3.86. The van der Waals surface area contributed by atoms with Gasteiger partial charge < -0.3 is 0 Å². The van der Waals surface area contributed by atoms with E-state index in [1.54, 1.807) is 0 Å². The maximum atomic E-state index is 6.21. The van der Waals surface area contributed by atoms with Crippen molar-refractivity contribution in [3.8, 4) is 11.1 Å². The van der Waals surface area contributed by atoms with Gasteiger partial charge in [-0.25, -0.2) is 0 Å². The van der Waals surface area contributed by atoms with E-state index in [4.69, 9.17) is 11.6 Å². The number of nitrogens with zero attached hydrogens (tertiary/aromatic N) is 2. The van der Waals surface area contributed by atoms with Crippen molar-refractivity contribution >= 4 is 27.5 Å². The van der Waals surface area contributed by atoms with Gasteiger partial charge in [0.05, 0.1) is 12.7 Å². The first-order chi connectivity index (χ1) is 9.74. The molecule has 2 aromatic carbocycles. The SMILES string of the molecule is Clc1ccccc1-c1cnn(Cc2ccccc2Br)c1. The zero-order valence-corrected chi connectivity index (χ0v) is 13.0. The molecule has 1 heterocycles. The van der Waals surface area contributed by atoms with Crippen LogP contribution in [0, 0.1) is 0 Å². The van der Waals surface area contributed by atoms with E-state index in [9.17, 15) is 0 Å². The molecule has 20 heavy (non-hydrogen) atoms. The molecule has 0 amide bonds. The number of hydrogen-bond acceptors (Lipinski definition) is 1. The second-order valence-corrected chi connectivity index (χ2v) is 5.76. The third-order valence-electron chi connectivity index (χ3n) is 3.11. The van der Waals surface area contributed by atoms with Crippen molar-refractivity contribution in [2.75, 3.05) is 0 Å². The normalized spacial score (nSPS) is 10.7. The fourth-order valence-electron chi connectivity index (χ4n) is 2.09. The molecule has 0 N–H and O–H groups in total. The lowest BCUT2D eigenvalue weighted by Crippen LogP contribution is -2.00. The summed E-state index contributed by atoms with van der Waals surface area (Å²) in [5.74, 6) is 0. The molecule has 0 saturated carbocycles. The second kappa shape index (κ2) is 5.81. The second-order valence-electron chi connectivity index (χ2n) is 4.50. The lowest BCUT2D eigenvalue weighted by molar-refractivity contribution is 0.685. The number of rotatable bonds is 3. The Morgan fingerprint density at radius 2 is 1.80 bits per heavy atom. The molecule has 0 radical (unpaired) electrons. The maximum Gasteiger partial charge on any atom is 0.0670 e. The minimum absolute atomic E-state index is 0.728. The van der Waals surface area contributed by atoms with E-state index in [0.717, 1.165) is 27.2 Å². The summed E-state index contributed by atoms with van der Waals surface area (Å²) in [6.45, 7) is 0.728.